The van der Waals surface area contributed by atoms with Crippen molar-refractivity contribution in [2.75, 3.05) is 7.05 Å². The van der Waals surface area contributed by atoms with Crippen LogP contribution >= 0.6 is 15.9 Å². The van der Waals surface area contributed by atoms with Crippen LogP contribution in [0.1, 0.15) is 29.7 Å². The van der Waals surface area contributed by atoms with Gasteiger partial charge >= 0.3 is 0 Å². The fourth-order valence-corrected chi connectivity index (χ4v) is 2.57. The number of carbonyl (C=O) groups is 1. The van der Waals surface area contributed by atoms with Gasteiger partial charge < -0.3 is 14.0 Å². The highest BCUT2D eigenvalue weighted by Gasteiger charge is 2.18. The normalized spacial score (nSPS) is 10.8. The first-order valence-electron chi connectivity index (χ1n) is 6.60. The average Bonchev–Trinajstić information content (AvgIpc) is 2.96. The maximum Gasteiger partial charge on any atom is 0.270 e. The van der Waals surface area contributed by atoms with Crippen molar-refractivity contribution in [1.29, 1.82) is 0 Å². The summed E-state index contributed by atoms with van der Waals surface area (Å²) in [7, 11) is 3.73. The van der Waals surface area contributed by atoms with E-state index in [1.54, 1.807) is 18.1 Å². The summed E-state index contributed by atoms with van der Waals surface area (Å²) >= 11 is 3.43. The van der Waals surface area contributed by atoms with Gasteiger partial charge in [-0.05, 0) is 28.4 Å². The van der Waals surface area contributed by atoms with E-state index in [1.165, 1.54) is 0 Å². The Kier molecular flexibility index (Phi) is 4.65. The Morgan fingerprint density at radius 3 is 2.85 bits per heavy atom. The molecule has 0 unspecified atom stereocenters. The Morgan fingerprint density at radius 2 is 2.25 bits per heavy atom. The van der Waals surface area contributed by atoms with Gasteiger partial charge in [-0.15, -0.1) is 0 Å². The van der Waals surface area contributed by atoms with Crippen molar-refractivity contribution < 1.29 is 4.79 Å². The number of aryl methyl sites for hydroxylation is 2. The van der Waals surface area contributed by atoms with Gasteiger partial charge in [-0.25, -0.2) is 4.98 Å². The lowest BCUT2D eigenvalue weighted by Crippen LogP contribution is -2.29. The number of nitrogens with zero attached hydrogens (tertiary/aromatic N) is 4. The van der Waals surface area contributed by atoms with Crippen molar-refractivity contribution >= 4 is 21.8 Å². The van der Waals surface area contributed by atoms with Crippen molar-refractivity contribution in [2.24, 2.45) is 7.05 Å². The van der Waals surface area contributed by atoms with Crippen molar-refractivity contribution in [3.63, 3.8) is 0 Å². The van der Waals surface area contributed by atoms with Gasteiger partial charge in [0, 0.05) is 43.7 Å². The van der Waals surface area contributed by atoms with Crippen LogP contribution < -0.4 is 0 Å². The molecule has 0 aromatic carbocycles. The van der Waals surface area contributed by atoms with Crippen LogP contribution in [-0.4, -0.2) is 32.0 Å². The van der Waals surface area contributed by atoms with Crippen molar-refractivity contribution in [2.45, 2.75) is 26.4 Å². The molecule has 0 aliphatic carbocycles. The molecule has 0 aliphatic rings. The van der Waals surface area contributed by atoms with E-state index in [9.17, 15) is 4.79 Å². The molecule has 2 aromatic heterocycles. The summed E-state index contributed by atoms with van der Waals surface area (Å²) in [5, 5.41) is 0. The number of hydrogen-bond donors (Lipinski definition) is 0. The van der Waals surface area contributed by atoms with Gasteiger partial charge in [0.25, 0.3) is 5.91 Å². The Morgan fingerprint density at radius 1 is 1.50 bits per heavy atom. The van der Waals surface area contributed by atoms with Gasteiger partial charge in [0.15, 0.2) is 0 Å². The molecule has 2 heterocycles. The average molecular weight is 339 g/mol. The molecule has 0 saturated carbocycles. The van der Waals surface area contributed by atoms with Gasteiger partial charge in [-0.2, -0.15) is 0 Å². The summed E-state index contributed by atoms with van der Waals surface area (Å²) in [5.41, 5.74) is 0.704. The molecule has 6 heteroatoms. The molecule has 108 valence electrons. The van der Waals surface area contributed by atoms with Gasteiger partial charge in [-0.1, -0.05) is 6.92 Å². The summed E-state index contributed by atoms with van der Waals surface area (Å²) in [6.07, 6.45) is 6.56. The second-order valence-electron chi connectivity index (χ2n) is 4.85. The summed E-state index contributed by atoms with van der Waals surface area (Å²) < 4.78 is 4.84. The highest BCUT2D eigenvalue weighted by Crippen LogP contribution is 2.17. The molecule has 0 fully saturated rings. The van der Waals surface area contributed by atoms with Crippen LogP contribution in [0.5, 0.6) is 0 Å². The zero-order valence-electron chi connectivity index (χ0n) is 12.0. The molecular weight excluding hydrogens is 320 g/mol. The van der Waals surface area contributed by atoms with E-state index in [4.69, 9.17) is 0 Å². The maximum absolute atomic E-state index is 12.5. The number of hydrogen-bond acceptors (Lipinski definition) is 2. The van der Waals surface area contributed by atoms with Crippen molar-refractivity contribution in [3.05, 3.63) is 40.6 Å². The maximum atomic E-state index is 12.5. The fraction of sp³-hybridized carbons (Fsp3) is 0.429. The van der Waals surface area contributed by atoms with Crippen molar-refractivity contribution in [1.82, 2.24) is 19.0 Å². The van der Waals surface area contributed by atoms with Crippen LogP contribution in [0.3, 0.4) is 0 Å². The molecule has 0 radical (unpaired) electrons. The SMILES string of the molecule is CCCn1cc(Br)cc1C(=O)N(C)Cc1nccn1C. The molecule has 20 heavy (non-hydrogen) atoms. The molecule has 2 aromatic rings. The highest BCUT2D eigenvalue weighted by molar-refractivity contribution is 9.10. The number of carbonyl (C=O) groups excluding carboxylic acids is 1. The van der Waals surface area contributed by atoms with Gasteiger partial charge in [0.05, 0.1) is 6.54 Å². The number of rotatable bonds is 5. The Labute approximate surface area is 127 Å². The summed E-state index contributed by atoms with van der Waals surface area (Å²) in [6.45, 7) is 3.43. The first-order chi connectivity index (χ1) is 9.52. The summed E-state index contributed by atoms with van der Waals surface area (Å²) in [6, 6.07) is 1.87. The molecule has 0 atom stereocenters. The third-order valence-corrected chi connectivity index (χ3v) is 3.63. The van der Waals surface area contributed by atoms with Gasteiger partial charge in [-0.3, -0.25) is 4.79 Å². The van der Waals surface area contributed by atoms with E-state index in [-0.39, 0.29) is 5.91 Å². The highest BCUT2D eigenvalue weighted by atomic mass is 79.9. The second-order valence-corrected chi connectivity index (χ2v) is 5.77. The molecule has 0 saturated heterocycles. The van der Waals surface area contributed by atoms with Gasteiger partial charge in [0.1, 0.15) is 11.5 Å². The number of aromatic nitrogens is 3. The zero-order valence-corrected chi connectivity index (χ0v) is 13.6. The van der Waals surface area contributed by atoms with Crippen LogP contribution in [0.2, 0.25) is 0 Å². The van der Waals surface area contributed by atoms with Gasteiger partial charge in [0.2, 0.25) is 0 Å². The second kappa shape index (κ2) is 6.26. The minimum Gasteiger partial charge on any atom is -0.342 e. The smallest absolute Gasteiger partial charge is 0.270 e. The third kappa shape index (κ3) is 3.12. The minimum absolute atomic E-state index is 0.00662. The minimum atomic E-state index is 0.00662. The molecule has 0 N–H and O–H groups in total. The first-order valence-corrected chi connectivity index (χ1v) is 7.39. The topological polar surface area (TPSA) is 43.1 Å². The van der Waals surface area contributed by atoms with E-state index < -0.39 is 0 Å². The molecule has 1 amide bonds. The number of halogens is 1. The quantitative estimate of drug-likeness (QED) is 0.841. The molecule has 5 nitrogen and oxygen atoms in total. The lowest BCUT2D eigenvalue weighted by molar-refractivity contribution is 0.0769. The van der Waals surface area contributed by atoms with Crippen LogP contribution in [0.25, 0.3) is 0 Å². The summed E-state index contributed by atoms with van der Waals surface area (Å²) in [5.74, 6) is 0.876. The number of imidazole rings is 1. The van der Waals surface area contributed by atoms with Crippen LogP contribution in [-0.2, 0) is 20.1 Å². The van der Waals surface area contributed by atoms with E-state index in [1.807, 2.05) is 34.6 Å². The third-order valence-electron chi connectivity index (χ3n) is 3.19. The molecular formula is C14H19BrN4O. The van der Waals surface area contributed by atoms with E-state index in [0.717, 1.165) is 23.3 Å². The van der Waals surface area contributed by atoms with E-state index in [2.05, 4.69) is 27.8 Å². The van der Waals surface area contributed by atoms with E-state index in [0.29, 0.717) is 12.2 Å². The van der Waals surface area contributed by atoms with E-state index >= 15 is 0 Å². The first kappa shape index (κ1) is 14.8. The lowest BCUT2D eigenvalue weighted by Gasteiger charge is -2.18. The lowest BCUT2D eigenvalue weighted by atomic mass is 10.3. The predicted molar refractivity (Wildman–Crippen MR) is 81.4 cm³/mol. The van der Waals surface area contributed by atoms with Crippen LogP contribution in [0.4, 0.5) is 0 Å². The fourth-order valence-electron chi connectivity index (χ4n) is 2.11. The zero-order chi connectivity index (χ0) is 14.7. The predicted octanol–water partition coefficient (Wildman–Crippen LogP) is 2.67. The Bertz CT molecular complexity index is 602. The molecule has 2 rings (SSSR count). The monoisotopic (exact) mass is 338 g/mol. The number of amides is 1. The van der Waals surface area contributed by atoms with Crippen LogP contribution in [0.15, 0.2) is 29.1 Å². The Balaban J connectivity index is 2.16. The molecule has 0 bridgehead atoms. The largest absolute Gasteiger partial charge is 0.342 e. The van der Waals surface area contributed by atoms with Crippen LogP contribution in [0, 0.1) is 0 Å². The molecule has 0 spiro atoms. The summed E-state index contributed by atoms with van der Waals surface area (Å²) in [4.78, 5) is 18.5. The standard InChI is InChI=1S/C14H19BrN4O/c1-4-6-19-9-11(15)8-12(19)14(20)18(3)10-13-16-5-7-17(13)2/h5,7-9H,4,6,10H2,1-3H3. The molecule has 0 aliphatic heterocycles. The Hall–Kier alpha value is -1.56. The van der Waals surface area contributed by atoms with Crippen molar-refractivity contribution in [3.8, 4) is 0 Å².